The smallest absolute Gasteiger partial charge is 0.228 e. The molecule has 6 heteroatoms. The van der Waals surface area contributed by atoms with Crippen LogP contribution in [0.2, 0.25) is 0 Å². The van der Waals surface area contributed by atoms with Crippen molar-refractivity contribution in [3.05, 3.63) is 11.7 Å². The zero-order chi connectivity index (χ0) is 15.1. The lowest BCUT2D eigenvalue weighted by atomic mass is 9.84. The molecule has 1 aromatic heterocycles. The minimum atomic E-state index is -0.352. The molecule has 120 valence electrons. The summed E-state index contributed by atoms with van der Waals surface area (Å²) in [6, 6.07) is 0.193. The molecule has 1 fully saturated rings. The molecule has 1 aromatic rings. The van der Waals surface area contributed by atoms with E-state index in [-0.39, 0.29) is 11.6 Å². The van der Waals surface area contributed by atoms with Crippen molar-refractivity contribution in [1.82, 2.24) is 15.5 Å². The van der Waals surface area contributed by atoms with E-state index >= 15 is 0 Å². The summed E-state index contributed by atoms with van der Waals surface area (Å²) >= 11 is 0. The Balaban J connectivity index is 2.05. The summed E-state index contributed by atoms with van der Waals surface area (Å²) in [6.45, 7) is 3.59. The van der Waals surface area contributed by atoms with Gasteiger partial charge in [-0.3, -0.25) is 0 Å². The van der Waals surface area contributed by atoms with E-state index in [9.17, 15) is 0 Å². The molecule has 1 saturated carbocycles. The summed E-state index contributed by atoms with van der Waals surface area (Å²) in [6.07, 6.45) is 6.18. The Bertz CT molecular complexity index is 410. The van der Waals surface area contributed by atoms with Crippen molar-refractivity contribution in [2.75, 3.05) is 27.4 Å². The number of nitrogens with zero attached hydrogens (tertiary/aromatic N) is 2. The fraction of sp³-hybridized carbons (Fsp3) is 0.867. The number of likely N-dealkylation sites (N-methyl/N-ethyl adjacent to an activating group) is 1. The van der Waals surface area contributed by atoms with Gasteiger partial charge in [-0.05, 0) is 19.4 Å². The predicted octanol–water partition coefficient (Wildman–Crippen LogP) is 2.04. The Hall–Kier alpha value is -0.980. The third kappa shape index (κ3) is 4.02. The normalized spacial score (nSPS) is 19.6. The van der Waals surface area contributed by atoms with Gasteiger partial charge in [0, 0.05) is 26.7 Å². The molecule has 1 unspecified atom stereocenters. The quantitative estimate of drug-likeness (QED) is 0.792. The van der Waals surface area contributed by atoms with Crippen LogP contribution < -0.4 is 5.32 Å². The summed E-state index contributed by atoms with van der Waals surface area (Å²) in [7, 11) is 3.44. The molecule has 21 heavy (non-hydrogen) atoms. The first kappa shape index (κ1) is 16.4. The van der Waals surface area contributed by atoms with Crippen LogP contribution in [-0.4, -0.2) is 43.6 Å². The second kappa shape index (κ2) is 7.87. The molecule has 0 spiro atoms. The van der Waals surface area contributed by atoms with E-state index in [0.29, 0.717) is 24.7 Å². The van der Waals surface area contributed by atoms with Gasteiger partial charge in [0.1, 0.15) is 5.60 Å². The molecule has 2 rings (SSSR count). The van der Waals surface area contributed by atoms with Gasteiger partial charge in [-0.1, -0.05) is 31.3 Å². The van der Waals surface area contributed by atoms with Crippen molar-refractivity contribution in [1.29, 1.82) is 0 Å². The lowest BCUT2D eigenvalue weighted by Gasteiger charge is -2.32. The second-order valence-electron chi connectivity index (χ2n) is 5.68. The van der Waals surface area contributed by atoms with E-state index in [1.54, 1.807) is 14.2 Å². The summed E-state index contributed by atoms with van der Waals surface area (Å²) < 4.78 is 16.4. The number of rotatable bonds is 8. The molecule has 1 heterocycles. The molecule has 1 N–H and O–H groups in total. The van der Waals surface area contributed by atoms with Crippen LogP contribution >= 0.6 is 0 Å². The Morgan fingerprint density at radius 3 is 2.67 bits per heavy atom. The van der Waals surface area contributed by atoms with Crippen LogP contribution in [0.15, 0.2) is 4.52 Å². The van der Waals surface area contributed by atoms with Gasteiger partial charge < -0.3 is 19.3 Å². The van der Waals surface area contributed by atoms with E-state index in [1.165, 1.54) is 6.42 Å². The third-order valence-electron chi connectivity index (χ3n) is 4.21. The second-order valence-corrected chi connectivity index (χ2v) is 5.68. The first-order valence-electron chi connectivity index (χ1n) is 7.84. The average molecular weight is 297 g/mol. The number of hydrogen-bond acceptors (Lipinski definition) is 6. The molecule has 1 aliphatic rings. The molecular formula is C15H27N3O3. The highest BCUT2D eigenvalue weighted by Gasteiger charge is 2.38. The first-order chi connectivity index (χ1) is 10.2. The van der Waals surface area contributed by atoms with Gasteiger partial charge in [0.25, 0.3) is 0 Å². The topological polar surface area (TPSA) is 69.4 Å². The summed E-state index contributed by atoms with van der Waals surface area (Å²) in [5.41, 5.74) is -0.352. The minimum absolute atomic E-state index is 0.193. The molecule has 0 saturated heterocycles. The van der Waals surface area contributed by atoms with E-state index in [4.69, 9.17) is 14.0 Å². The van der Waals surface area contributed by atoms with Gasteiger partial charge in [0.15, 0.2) is 0 Å². The highest BCUT2D eigenvalue weighted by atomic mass is 16.5. The monoisotopic (exact) mass is 297 g/mol. The van der Waals surface area contributed by atoms with Crippen LogP contribution in [0.1, 0.15) is 50.7 Å². The molecule has 0 bridgehead atoms. The van der Waals surface area contributed by atoms with Crippen molar-refractivity contribution in [2.24, 2.45) is 0 Å². The Kier molecular flexibility index (Phi) is 6.14. The highest BCUT2D eigenvalue weighted by molar-refractivity contribution is 5.04. The average Bonchev–Trinajstić information content (AvgIpc) is 2.97. The lowest BCUT2D eigenvalue weighted by Crippen LogP contribution is -2.35. The van der Waals surface area contributed by atoms with Crippen LogP contribution in [0.4, 0.5) is 0 Å². The van der Waals surface area contributed by atoms with E-state index in [2.05, 4.69) is 22.4 Å². The van der Waals surface area contributed by atoms with E-state index < -0.39 is 0 Å². The van der Waals surface area contributed by atoms with Crippen molar-refractivity contribution in [3.8, 4) is 0 Å². The van der Waals surface area contributed by atoms with Crippen LogP contribution in [0.25, 0.3) is 0 Å². The number of aromatic nitrogens is 2. The van der Waals surface area contributed by atoms with E-state index in [1.807, 2.05) is 0 Å². The molecule has 1 aliphatic carbocycles. The molecule has 1 atom stereocenters. The van der Waals surface area contributed by atoms with E-state index in [0.717, 1.165) is 32.2 Å². The molecule has 6 nitrogen and oxygen atoms in total. The predicted molar refractivity (Wildman–Crippen MR) is 79.1 cm³/mol. The molecular weight excluding hydrogens is 270 g/mol. The van der Waals surface area contributed by atoms with Gasteiger partial charge >= 0.3 is 0 Å². The summed E-state index contributed by atoms with van der Waals surface area (Å²) in [4.78, 5) is 4.58. The highest BCUT2D eigenvalue weighted by Crippen LogP contribution is 2.38. The summed E-state index contributed by atoms with van der Waals surface area (Å²) in [5, 5.41) is 7.54. The molecule has 0 aromatic carbocycles. The van der Waals surface area contributed by atoms with Crippen LogP contribution in [-0.2, 0) is 21.5 Å². The van der Waals surface area contributed by atoms with Crippen LogP contribution in [0, 0.1) is 0 Å². The maximum Gasteiger partial charge on any atom is 0.228 e. The number of methoxy groups -OCH3 is 2. The maximum atomic E-state index is 5.75. The van der Waals surface area contributed by atoms with Crippen molar-refractivity contribution >= 4 is 0 Å². The minimum Gasteiger partial charge on any atom is -0.383 e. The fourth-order valence-corrected chi connectivity index (χ4v) is 3.06. The van der Waals surface area contributed by atoms with Crippen molar-refractivity contribution in [2.45, 2.75) is 57.1 Å². The zero-order valence-electron chi connectivity index (χ0n) is 13.4. The Morgan fingerprint density at radius 2 is 2.05 bits per heavy atom. The maximum absolute atomic E-state index is 5.75. The number of nitrogens with one attached hydrogen (secondary N) is 1. The third-order valence-corrected chi connectivity index (χ3v) is 4.21. The van der Waals surface area contributed by atoms with Gasteiger partial charge in [0.2, 0.25) is 11.7 Å². The number of ether oxygens (including phenoxy) is 2. The van der Waals surface area contributed by atoms with Crippen LogP contribution in [0.3, 0.4) is 0 Å². The Morgan fingerprint density at radius 1 is 1.29 bits per heavy atom. The SMILES string of the molecule is CCNC(COC)Cc1nc(C2(OC)CCCCC2)no1. The van der Waals surface area contributed by atoms with Crippen molar-refractivity contribution in [3.63, 3.8) is 0 Å². The van der Waals surface area contributed by atoms with Crippen LogP contribution in [0.5, 0.6) is 0 Å². The standard InChI is InChI=1S/C15H27N3O3/c1-4-16-12(11-19-2)10-13-17-14(18-21-13)15(20-3)8-6-5-7-9-15/h12,16H,4-11H2,1-3H3. The summed E-state index contributed by atoms with van der Waals surface area (Å²) in [5.74, 6) is 1.35. The van der Waals surface area contributed by atoms with Gasteiger partial charge in [-0.25, -0.2) is 0 Å². The van der Waals surface area contributed by atoms with Crippen molar-refractivity contribution < 1.29 is 14.0 Å². The largest absolute Gasteiger partial charge is 0.383 e. The lowest BCUT2D eigenvalue weighted by molar-refractivity contribution is -0.0527. The first-order valence-corrected chi connectivity index (χ1v) is 7.84. The zero-order valence-corrected chi connectivity index (χ0v) is 13.4. The molecule has 0 radical (unpaired) electrons. The number of hydrogen-bond donors (Lipinski definition) is 1. The fourth-order valence-electron chi connectivity index (χ4n) is 3.06. The van der Waals surface area contributed by atoms with Gasteiger partial charge in [0.05, 0.1) is 6.61 Å². The van der Waals surface area contributed by atoms with Gasteiger partial charge in [-0.2, -0.15) is 4.98 Å². The molecule has 0 aliphatic heterocycles. The molecule has 0 amide bonds. The van der Waals surface area contributed by atoms with Gasteiger partial charge in [-0.15, -0.1) is 0 Å². The Labute approximate surface area is 126 Å².